The van der Waals surface area contributed by atoms with Crippen molar-refractivity contribution in [1.29, 1.82) is 0 Å². The van der Waals surface area contributed by atoms with E-state index in [0.29, 0.717) is 41.9 Å². The van der Waals surface area contributed by atoms with E-state index in [1.54, 1.807) is 12.1 Å². The fraction of sp³-hybridized carbons (Fsp3) is 0.560. The van der Waals surface area contributed by atoms with Gasteiger partial charge in [-0.25, -0.2) is 14.4 Å². The highest BCUT2D eigenvalue weighted by atomic mass is 35.5. The Hall–Kier alpha value is -2.21. The van der Waals surface area contributed by atoms with Gasteiger partial charge in [0.15, 0.2) is 0 Å². The molecule has 0 unspecified atom stereocenters. The predicted octanol–water partition coefficient (Wildman–Crippen LogP) is 4.68. The summed E-state index contributed by atoms with van der Waals surface area (Å²) in [5.41, 5.74) is 2.36. The van der Waals surface area contributed by atoms with Gasteiger partial charge in [-0.15, -0.1) is 0 Å². The van der Waals surface area contributed by atoms with E-state index in [4.69, 9.17) is 21.6 Å². The Morgan fingerprint density at radius 3 is 2.47 bits per heavy atom. The first-order valence-electron chi connectivity index (χ1n) is 11.7. The van der Waals surface area contributed by atoms with Crippen LogP contribution in [0.15, 0.2) is 18.2 Å². The minimum Gasteiger partial charge on any atom is -0.353 e. The van der Waals surface area contributed by atoms with Gasteiger partial charge in [-0.3, -0.25) is 4.79 Å². The van der Waals surface area contributed by atoms with Crippen LogP contribution < -0.4 is 4.90 Å². The van der Waals surface area contributed by atoms with E-state index < -0.39 is 0 Å². The van der Waals surface area contributed by atoms with Crippen LogP contribution in [0.5, 0.6) is 0 Å². The third-order valence-corrected chi connectivity index (χ3v) is 6.63. The number of hydrogen-bond acceptors (Lipinski definition) is 4. The van der Waals surface area contributed by atoms with E-state index in [0.717, 1.165) is 61.7 Å². The van der Waals surface area contributed by atoms with Crippen LogP contribution in [-0.4, -0.2) is 47.0 Å². The van der Waals surface area contributed by atoms with Crippen LogP contribution in [-0.2, 0) is 24.1 Å². The maximum absolute atomic E-state index is 14.6. The highest BCUT2D eigenvalue weighted by molar-refractivity contribution is 6.31. The van der Waals surface area contributed by atoms with Gasteiger partial charge in [0, 0.05) is 66.8 Å². The van der Waals surface area contributed by atoms with E-state index in [1.807, 2.05) is 4.90 Å². The lowest BCUT2D eigenvalue weighted by Crippen LogP contribution is -2.50. The lowest BCUT2D eigenvalue weighted by Gasteiger charge is -2.37. The minimum atomic E-state index is -0.309. The van der Waals surface area contributed by atoms with Crippen molar-refractivity contribution in [3.05, 3.63) is 51.7 Å². The molecule has 5 nitrogen and oxygen atoms in total. The number of aromatic nitrogens is 2. The third-order valence-electron chi connectivity index (χ3n) is 6.28. The molecule has 2 aromatic rings. The molecule has 2 aliphatic rings. The molecule has 1 aromatic carbocycles. The molecule has 4 rings (SSSR count). The third kappa shape index (κ3) is 5.06. The number of rotatable bonds is 7. The average Bonchev–Trinajstić information content (AvgIpc) is 3.61. The van der Waals surface area contributed by atoms with Crippen LogP contribution in [0.3, 0.4) is 0 Å². The van der Waals surface area contributed by atoms with Crippen molar-refractivity contribution >= 4 is 23.3 Å². The molecule has 0 atom stereocenters. The maximum atomic E-state index is 14.6. The van der Waals surface area contributed by atoms with Gasteiger partial charge in [0.1, 0.15) is 17.5 Å². The molecular formula is C25H32ClFN4O. The van der Waals surface area contributed by atoms with E-state index >= 15 is 0 Å². The van der Waals surface area contributed by atoms with E-state index in [-0.39, 0.29) is 11.7 Å². The summed E-state index contributed by atoms with van der Waals surface area (Å²) in [6.45, 7) is 9.22. The second-order valence-corrected chi connectivity index (χ2v) is 9.71. The van der Waals surface area contributed by atoms with Gasteiger partial charge >= 0.3 is 0 Å². The Kier molecular flexibility index (Phi) is 6.99. The van der Waals surface area contributed by atoms with Crippen LogP contribution in [0.1, 0.15) is 56.3 Å². The Labute approximate surface area is 195 Å². The summed E-state index contributed by atoms with van der Waals surface area (Å²) in [6.07, 6.45) is 3.93. The van der Waals surface area contributed by atoms with Gasteiger partial charge in [0.05, 0.1) is 0 Å². The number of aryl methyl sites for hydroxylation is 1. The van der Waals surface area contributed by atoms with Crippen molar-refractivity contribution in [3.8, 4) is 0 Å². The number of amides is 1. The van der Waals surface area contributed by atoms with Gasteiger partial charge in [-0.1, -0.05) is 38.4 Å². The van der Waals surface area contributed by atoms with Gasteiger partial charge in [0.2, 0.25) is 5.91 Å². The number of anilines is 1. The molecule has 1 aliphatic carbocycles. The highest BCUT2D eigenvalue weighted by Gasteiger charge is 2.35. The molecule has 1 saturated heterocycles. The number of hydrogen-bond donors (Lipinski definition) is 0. The van der Waals surface area contributed by atoms with Crippen molar-refractivity contribution in [1.82, 2.24) is 14.9 Å². The molecule has 2 fully saturated rings. The molecule has 1 amide bonds. The number of benzene rings is 1. The molecule has 0 N–H and O–H groups in total. The van der Waals surface area contributed by atoms with E-state index in [2.05, 4.69) is 25.7 Å². The first-order chi connectivity index (χ1) is 15.4. The monoisotopic (exact) mass is 458 g/mol. The number of carbonyl (C=O) groups excluding carboxylic acids is 1. The molecule has 2 heterocycles. The largest absolute Gasteiger partial charge is 0.353 e. The standard InChI is InChI=1S/C25H32ClFN4O/c1-4-22-19(15-18-20(26)6-5-7-21(18)27)24(29-23(28-22)14-16(2)3)30-10-12-31(13-11-30)25(32)17-8-9-17/h5-7,16-17H,4,8-15H2,1-3H3. The van der Waals surface area contributed by atoms with Gasteiger partial charge < -0.3 is 9.80 Å². The first kappa shape index (κ1) is 23.0. The lowest BCUT2D eigenvalue weighted by atomic mass is 10.0. The zero-order valence-corrected chi connectivity index (χ0v) is 20.0. The summed E-state index contributed by atoms with van der Waals surface area (Å²) in [7, 11) is 0. The van der Waals surface area contributed by atoms with Crippen molar-refractivity contribution in [2.75, 3.05) is 31.1 Å². The molecule has 0 bridgehead atoms. The molecule has 172 valence electrons. The summed E-state index contributed by atoms with van der Waals surface area (Å²) < 4.78 is 14.6. The Morgan fingerprint density at radius 1 is 1.16 bits per heavy atom. The van der Waals surface area contributed by atoms with Gasteiger partial charge in [0.25, 0.3) is 0 Å². The number of halogens is 2. The quantitative estimate of drug-likeness (QED) is 0.604. The molecule has 1 aromatic heterocycles. The molecule has 0 radical (unpaired) electrons. The summed E-state index contributed by atoms with van der Waals surface area (Å²) >= 11 is 6.36. The SMILES string of the molecule is CCc1nc(CC(C)C)nc(N2CCN(C(=O)C3CC3)CC2)c1Cc1c(F)cccc1Cl. The zero-order chi connectivity index (χ0) is 22.8. The smallest absolute Gasteiger partial charge is 0.225 e. The van der Waals surface area contributed by atoms with Crippen LogP contribution in [0.25, 0.3) is 0 Å². The van der Waals surface area contributed by atoms with Crippen molar-refractivity contribution in [2.45, 2.75) is 52.9 Å². The normalized spacial score (nSPS) is 16.7. The minimum absolute atomic E-state index is 0.240. The number of nitrogens with zero attached hydrogens (tertiary/aromatic N) is 4. The van der Waals surface area contributed by atoms with Gasteiger partial charge in [-0.2, -0.15) is 0 Å². The zero-order valence-electron chi connectivity index (χ0n) is 19.2. The second kappa shape index (κ2) is 9.74. The van der Waals surface area contributed by atoms with Crippen molar-refractivity contribution in [3.63, 3.8) is 0 Å². The van der Waals surface area contributed by atoms with Crippen molar-refractivity contribution in [2.24, 2.45) is 11.8 Å². The van der Waals surface area contributed by atoms with Crippen molar-refractivity contribution < 1.29 is 9.18 Å². The van der Waals surface area contributed by atoms with Crippen LogP contribution in [0.4, 0.5) is 10.2 Å². The predicted molar refractivity (Wildman–Crippen MR) is 126 cm³/mol. The Bertz CT molecular complexity index is 964. The number of piperazine rings is 1. The molecule has 32 heavy (non-hydrogen) atoms. The molecule has 1 aliphatic heterocycles. The highest BCUT2D eigenvalue weighted by Crippen LogP contribution is 2.33. The Balaban J connectivity index is 1.67. The molecular weight excluding hydrogens is 427 g/mol. The fourth-order valence-electron chi connectivity index (χ4n) is 4.36. The Morgan fingerprint density at radius 2 is 1.88 bits per heavy atom. The lowest BCUT2D eigenvalue weighted by molar-refractivity contribution is -0.132. The van der Waals surface area contributed by atoms with E-state index in [1.165, 1.54) is 6.07 Å². The topological polar surface area (TPSA) is 49.3 Å². The second-order valence-electron chi connectivity index (χ2n) is 9.30. The molecule has 0 spiro atoms. The summed E-state index contributed by atoms with van der Waals surface area (Å²) in [4.78, 5) is 26.5. The maximum Gasteiger partial charge on any atom is 0.225 e. The first-order valence-corrected chi connectivity index (χ1v) is 12.1. The fourth-order valence-corrected chi connectivity index (χ4v) is 4.59. The number of carbonyl (C=O) groups is 1. The average molecular weight is 459 g/mol. The van der Waals surface area contributed by atoms with Crippen LogP contribution >= 0.6 is 11.6 Å². The van der Waals surface area contributed by atoms with Crippen LogP contribution in [0, 0.1) is 17.7 Å². The molecule has 7 heteroatoms. The van der Waals surface area contributed by atoms with Gasteiger partial charge in [-0.05, 0) is 37.3 Å². The summed E-state index contributed by atoms with van der Waals surface area (Å²) in [5, 5.41) is 0.420. The van der Waals surface area contributed by atoms with E-state index in [9.17, 15) is 9.18 Å². The molecule has 1 saturated carbocycles. The summed E-state index contributed by atoms with van der Waals surface area (Å²) in [6, 6.07) is 4.80. The summed E-state index contributed by atoms with van der Waals surface area (Å²) in [5.74, 6) is 2.35. The van der Waals surface area contributed by atoms with Crippen LogP contribution in [0.2, 0.25) is 5.02 Å².